The zero-order valence-corrected chi connectivity index (χ0v) is 19.3. The van der Waals surface area contributed by atoms with E-state index >= 15 is 0 Å². The topological polar surface area (TPSA) is 84.9 Å². The lowest BCUT2D eigenvalue weighted by molar-refractivity contribution is 0.0465. The van der Waals surface area contributed by atoms with Gasteiger partial charge in [-0.05, 0) is 32.9 Å². The van der Waals surface area contributed by atoms with Crippen molar-refractivity contribution in [1.29, 1.82) is 0 Å². The molecule has 2 rings (SSSR count). The number of rotatable bonds is 10. The van der Waals surface area contributed by atoms with Gasteiger partial charge in [-0.15, -0.1) is 6.42 Å². The summed E-state index contributed by atoms with van der Waals surface area (Å²) in [6, 6.07) is 15.3. The summed E-state index contributed by atoms with van der Waals surface area (Å²) in [4.78, 5) is 38.4. The Morgan fingerprint density at radius 3 is 2.15 bits per heavy atom. The number of carbonyl (C=O) groups is 3. The number of carbonyl (C=O) groups excluding carboxylic acids is 3. The van der Waals surface area contributed by atoms with Crippen LogP contribution in [-0.4, -0.2) is 61.1 Å². The highest BCUT2D eigenvalue weighted by Crippen LogP contribution is 2.12. The Kier molecular flexibility index (Phi) is 9.64. The van der Waals surface area contributed by atoms with E-state index in [1.54, 1.807) is 69.3 Å². The largest absolute Gasteiger partial charge is 0.461 e. The fourth-order valence-electron chi connectivity index (χ4n) is 2.89. The molecule has 0 radical (unpaired) electrons. The van der Waals surface area contributed by atoms with Crippen molar-refractivity contribution in [1.82, 2.24) is 10.2 Å². The molecule has 0 bridgehead atoms. The maximum Gasteiger partial charge on any atom is 0.407 e. The van der Waals surface area contributed by atoms with E-state index in [2.05, 4.69) is 11.2 Å². The molecule has 0 aliphatic carbocycles. The third-order valence-electron chi connectivity index (χ3n) is 4.47. The number of hydrogen-bond acceptors (Lipinski definition) is 6. The lowest BCUT2D eigenvalue weighted by Gasteiger charge is -2.22. The summed E-state index contributed by atoms with van der Waals surface area (Å²) in [5.41, 5.74) is 0.872. The van der Waals surface area contributed by atoms with Gasteiger partial charge in [0.25, 0.3) is 0 Å². The molecule has 0 unspecified atom stereocenters. The summed E-state index contributed by atoms with van der Waals surface area (Å²) in [6.45, 7) is 7.11. The molecule has 0 spiro atoms. The standard InChI is InChI=1S/C26H30N2O5/c1-5-16-28(17-15-27-25(31)33-26(2,3)4)18-19-32-24(30)22-13-11-21(12-14-22)23(29)20-9-7-6-8-10-20/h1,6-14H,15-19H2,2-4H3,(H,27,31). The van der Waals surface area contributed by atoms with E-state index in [0.717, 1.165) is 0 Å². The van der Waals surface area contributed by atoms with Crippen molar-refractivity contribution < 1.29 is 23.9 Å². The van der Waals surface area contributed by atoms with Gasteiger partial charge < -0.3 is 14.8 Å². The molecule has 174 valence electrons. The van der Waals surface area contributed by atoms with Crippen molar-refractivity contribution in [2.45, 2.75) is 26.4 Å². The van der Waals surface area contributed by atoms with Crippen molar-refractivity contribution in [2.75, 3.05) is 32.8 Å². The monoisotopic (exact) mass is 450 g/mol. The first-order valence-corrected chi connectivity index (χ1v) is 10.7. The number of terminal acetylenes is 1. The van der Waals surface area contributed by atoms with Gasteiger partial charge in [-0.3, -0.25) is 9.69 Å². The first kappa shape index (κ1) is 25.6. The van der Waals surface area contributed by atoms with Gasteiger partial charge in [-0.1, -0.05) is 48.4 Å². The van der Waals surface area contributed by atoms with Crippen LogP contribution in [-0.2, 0) is 9.47 Å². The van der Waals surface area contributed by atoms with Gasteiger partial charge in [0, 0.05) is 30.8 Å². The first-order chi connectivity index (χ1) is 15.7. The number of ketones is 1. The van der Waals surface area contributed by atoms with Gasteiger partial charge in [0.05, 0.1) is 12.1 Å². The maximum absolute atomic E-state index is 12.5. The normalized spacial score (nSPS) is 10.9. The van der Waals surface area contributed by atoms with Gasteiger partial charge >= 0.3 is 12.1 Å². The van der Waals surface area contributed by atoms with E-state index in [4.69, 9.17) is 15.9 Å². The molecule has 1 N–H and O–H groups in total. The Hall–Kier alpha value is -3.63. The van der Waals surface area contributed by atoms with Crippen LogP contribution in [0.2, 0.25) is 0 Å². The molecule has 7 heteroatoms. The van der Waals surface area contributed by atoms with Crippen molar-refractivity contribution in [3.63, 3.8) is 0 Å². The number of benzene rings is 2. The van der Waals surface area contributed by atoms with E-state index in [-0.39, 0.29) is 12.4 Å². The van der Waals surface area contributed by atoms with E-state index in [0.29, 0.717) is 42.9 Å². The molecular weight excluding hydrogens is 420 g/mol. The van der Waals surface area contributed by atoms with Crippen LogP contribution in [0.4, 0.5) is 4.79 Å². The maximum atomic E-state index is 12.5. The van der Waals surface area contributed by atoms with Gasteiger partial charge in [-0.2, -0.15) is 0 Å². The summed E-state index contributed by atoms with van der Waals surface area (Å²) < 4.78 is 10.5. The summed E-state index contributed by atoms with van der Waals surface area (Å²) >= 11 is 0. The zero-order valence-electron chi connectivity index (χ0n) is 19.3. The molecule has 1 amide bonds. The summed E-state index contributed by atoms with van der Waals surface area (Å²) in [5.74, 6) is 1.96. The summed E-state index contributed by atoms with van der Waals surface area (Å²) in [5, 5.41) is 2.67. The number of ether oxygens (including phenoxy) is 2. The molecule has 0 fully saturated rings. The van der Waals surface area contributed by atoms with Crippen LogP contribution in [0.25, 0.3) is 0 Å². The molecule has 0 saturated heterocycles. The number of nitrogens with zero attached hydrogens (tertiary/aromatic N) is 1. The first-order valence-electron chi connectivity index (χ1n) is 10.7. The smallest absolute Gasteiger partial charge is 0.407 e. The lowest BCUT2D eigenvalue weighted by atomic mass is 10.0. The average molecular weight is 451 g/mol. The molecule has 2 aromatic carbocycles. The van der Waals surface area contributed by atoms with Crippen LogP contribution in [0.3, 0.4) is 0 Å². The van der Waals surface area contributed by atoms with Crippen LogP contribution >= 0.6 is 0 Å². The zero-order chi connectivity index (χ0) is 24.3. The number of esters is 1. The quantitative estimate of drug-likeness (QED) is 0.339. The van der Waals surface area contributed by atoms with Gasteiger partial charge in [0.1, 0.15) is 12.2 Å². The molecule has 0 heterocycles. The number of alkyl carbamates (subject to hydrolysis) is 1. The highest BCUT2D eigenvalue weighted by Gasteiger charge is 2.16. The van der Waals surface area contributed by atoms with Crippen molar-refractivity contribution in [3.8, 4) is 12.3 Å². The van der Waals surface area contributed by atoms with Crippen LogP contribution < -0.4 is 5.32 Å². The van der Waals surface area contributed by atoms with E-state index < -0.39 is 17.7 Å². The molecule has 0 atom stereocenters. The van der Waals surface area contributed by atoms with Crippen LogP contribution in [0, 0.1) is 12.3 Å². The van der Waals surface area contributed by atoms with Gasteiger partial charge in [0.15, 0.2) is 5.78 Å². The van der Waals surface area contributed by atoms with Crippen molar-refractivity contribution >= 4 is 17.8 Å². The average Bonchev–Trinajstić information content (AvgIpc) is 2.78. The molecule has 0 saturated carbocycles. The number of hydrogen-bond donors (Lipinski definition) is 1. The SMILES string of the molecule is C#CCN(CCNC(=O)OC(C)(C)C)CCOC(=O)c1ccc(C(=O)c2ccccc2)cc1. The molecule has 0 aliphatic heterocycles. The lowest BCUT2D eigenvalue weighted by Crippen LogP contribution is -2.39. The Bertz CT molecular complexity index is 972. The molecule has 2 aromatic rings. The Morgan fingerprint density at radius 2 is 1.55 bits per heavy atom. The molecular formula is C26H30N2O5. The highest BCUT2D eigenvalue weighted by atomic mass is 16.6. The second-order valence-corrected chi connectivity index (χ2v) is 8.32. The van der Waals surface area contributed by atoms with E-state index in [9.17, 15) is 14.4 Å². The number of amides is 1. The van der Waals surface area contributed by atoms with Gasteiger partial charge in [0.2, 0.25) is 0 Å². The van der Waals surface area contributed by atoms with Crippen molar-refractivity contribution in [2.24, 2.45) is 0 Å². The predicted molar refractivity (Wildman–Crippen MR) is 126 cm³/mol. The minimum absolute atomic E-state index is 0.111. The van der Waals surface area contributed by atoms with Crippen LogP contribution in [0.15, 0.2) is 54.6 Å². The fraction of sp³-hybridized carbons (Fsp3) is 0.346. The number of nitrogens with one attached hydrogen (secondary N) is 1. The Morgan fingerprint density at radius 1 is 0.939 bits per heavy atom. The van der Waals surface area contributed by atoms with E-state index in [1.165, 1.54) is 0 Å². The predicted octanol–water partition coefficient (Wildman–Crippen LogP) is 3.53. The van der Waals surface area contributed by atoms with E-state index in [1.807, 2.05) is 11.0 Å². The van der Waals surface area contributed by atoms with Crippen LogP contribution in [0.5, 0.6) is 0 Å². The fourth-order valence-corrected chi connectivity index (χ4v) is 2.89. The molecule has 0 aromatic heterocycles. The molecule has 0 aliphatic rings. The second-order valence-electron chi connectivity index (χ2n) is 8.32. The summed E-state index contributed by atoms with van der Waals surface area (Å²) in [6.07, 6.45) is 4.91. The highest BCUT2D eigenvalue weighted by molar-refractivity contribution is 6.09. The third-order valence-corrected chi connectivity index (χ3v) is 4.47. The third kappa shape index (κ3) is 9.17. The van der Waals surface area contributed by atoms with Crippen molar-refractivity contribution in [3.05, 3.63) is 71.3 Å². The Labute approximate surface area is 195 Å². The summed E-state index contributed by atoms with van der Waals surface area (Å²) in [7, 11) is 0. The second kappa shape index (κ2) is 12.4. The molecule has 7 nitrogen and oxygen atoms in total. The van der Waals surface area contributed by atoms with Crippen LogP contribution in [0.1, 0.15) is 47.1 Å². The molecule has 33 heavy (non-hydrogen) atoms. The Balaban J connectivity index is 1.79. The van der Waals surface area contributed by atoms with Gasteiger partial charge in [-0.25, -0.2) is 9.59 Å². The minimum Gasteiger partial charge on any atom is -0.461 e. The minimum atomic E-state index is -0.566.